The molecule has 352 valence electrons. The average molecular weight is 935 g/mol. The van der Waals surface area contributed by atoms with Crippen LogP contribution in [0.1, 0.15) is 119 Å². The molecule has 11 nitrogen and oxygen atoms in total. The molecule has 2 aromatic carbocycles. The van der Waals surface area contributed by atoms with E-state index in [0.717, 1.165) is 73.4 Å². The lowest BCUT2D eigenvalue weighted by Gasteiger charge is -2.40. The van der Waals surface area contributed by atoms with Gasteiger partial charge in [0.1, 0.15) is 18.1 Å². The van der Waals surface area contributed by atoms with Crippen molar-refractivity contribution in [2.45, 2.75) is 116 Å². The summed E-state index contributed by atoms with van der Waals surface area (Å²) in [7, 11) is -4.41. The zero-order valence-electron chi connectivity index (χ0n) is 36.7. The summed E-state index contributed by atoms with van der Waals surface area (Å²) in [5.41, 5.74) is -0.149. The number of carbonyl (C=O) groups is 1. The summed E-state index contributed by atoms with van der Waals surface area (Å²) in [6, 6.07) is 5.21. The fourth-order valence-corrected chi connectivity index (χ4v) is 10.1. The minimum absolute atomic E-state index is 0.00280. The maximum atomic E-state index is 15.1. The van der Waals surface area contributed by atoms with Gasteiger partial charge in [0.25, 0.3) is 10.1 Å². The van der Waals surface area contributed by atoms with Crippen LogP contribution in [-0.2, 0) is 45.5 Å². The number of anilines is 1. The van der Waals surface area contributed by atoms with Gasteiger partial charge >= 0.3 is 18.3 Å². The van der Waals surface area contributed by atoms with E-state index < -0.39 is 67.9 Å². The second-order valence-electron chi connectivity index (χ2n) is 18.4. The SMILES string of the molecule is CC(C)(C)C1=CC(=CC=CC2=[N+](CCCCS(=O)(=O)O)c3cc(C(F)(F)F)cc(C(F)(F)F)c3C2(C)CCCCCC(=O)On2c(O)ccc2O)c2cc3c4c(c2O1)CCCN4CCC3. The highest BCUT2D eigenvalue weighted by molar-refractivity contribution is 7.85. The Morgan fingerprint density at radius 2 is 1.63 bits per heavy atom. The van der Waals surface area contributed by atoms with Crippen molar-refractivity contribution in [3.63, 3.8) is 0 Å². The molecule has 0 radical (unpaired) electrons. The molecule has 1 aromatic heterocycles. The molecule has 4 aliphatic rings. The fraction of sp³-hybridized carbons (Fsp3) is 0.489. The summed E-state index contributed by atoms with van der Waals surface area (Å²) in [6.07, 6.45) is 0.746. The number of rotatable bonds is 14. The Kier molecular flexibility index (Phi) is 13.1. The largest absolute Gasteiger partial charge is 0.492 e. The van der Waals surface area contributed by atoms with Gasteiger partial charge in [-0.2, -0.15) is 39.3 Å². The van der Waals surface area contributed by atoms with Crippen LogP contribution >= 0.6 is 0 Å². The number of nitrogens with zero attached hydrogens (tertiary/aromatic N) is 3. The number of carbonyl (C=O) groups excluding carboxylic acids is 1. The predicted molar refractivity (Wildman–Crippen MR) is 232 cm³/mol. The zero-order chi connectivity index (χ0) is 47.3. The number of fused-ring (bicyclic) bond motifs is 3. The number of alkyl halides is 6. The Balaban J connectivity index is 1.32. The molecule has 4 aliphatic heterocycles. The van der Waals surface area contributed by atoms with Gasteiger partial charge in [-0.3, -0.25) is 4.55 Å². The minimum Gasteiger partial charge on any atom is -0.492 e. The predicted octanol–water partition coefficient (Wildman–Crippen LogP) is 10.2. The molecule has 7 rings (SSSR count). The Hall–Kier alpha value is -5.23. The molecular weight excluding hydrogens is 881 g/mol. The van der Waals surface area contributed by atoms with Crippen LogP contribution in [0.4, 0.5) is 37.7 Å². The van der Waals surface area contributed by atoms with E-state index in [2.05, 4.69) is 11.0 Å². The molecule has 3 aromatic rings. The second-order valence-corrected chi connectivity index (χ2v) is 20.0. The third kappa shape index (κ3) is 10.1. The van der Waals surface area contributed by atoms with Gasteiger partial charge < -0.3 is 24.7 Å². The highest BCUT2D eigenvalue weighted by atomic mass is 32.2. The van der Waals surface area contributed by atoms with Crippen molar-refractivity contribution in [1.82, 2.24) is 4.73 Å². The molecule has 1 atom stereocenters. The van der Waals surface area contributed by atoms with Crippen LogP contribution in [0, 0.1) is 5.41 Å². The third-order valence-corrected chi connectivity index (χ3v) is 13.4. The van der Waals surface area contributed by atoms with E-state index >= 15 is 13.2 Å². The average Bonchev–Trinajstić information content (AvgIpc) is 3.65. The van der Waals surface area contributed by atoms with Gasteiger partial charge in [0.05, 0.1) is 27.9 Å². The molecule has 0 amide bonds. The quantitative estimate of drug-likeness (QED) is 0.0623. The van der Waals surface area contributed by atoms with E-state index in [1.54, 1.807) is 19.1 Å². The van der Waals surface area contributed by atoms with Gasteiger partial charge in [-0.25, -0.2) is 4.79 Å². The first-order valence-corrected chi connectivity index (χ1v) is 23.4. The molecule has 65 heavy (non-hydrogen) atoms. The lowest BCUT2D eigenvalue weighted by atomic mass is 9.73. The van der Waals surface area contributed by atoms with Gasteiger partial charge in [0.15, 0.2) is 5.71 Å². The van der Waals surface area contributed by atoms with Crippen molar-refractivity contribution in [2.24, 2.45) is 5.41 Å². The summed E-state index contributed by atoms with van der Waals surface area (Å²) in [5, 5.41) is 19.7. The Labute approximate surface area is 374 Å². The van der Waals surface area contributed by atoms with Gasteiger partial charge in [-0.15, -0.1) is 4.73 Å². The van der Waals surface area contributed by atoms with Crippen LogP contribution in [0.3, 0.4) is 0 Å². The molecule has 0 bridgehead atoms. The maximum absolute atomic E-state index is 15.1. The monoisotopic (exact) mass is 934 g/mol. The molecule has 5 heterocycles. The Morgan fingerprint density at radius 1 is 0.938 bits per heavy atom. The number of aromatic nitrogens is 1. The van der Waals surface area contributed by atoms with Crippen LogP contribution in [0.5, 0.6) is 17.5 Å². The highest BCUT2D eigenvalue weighted by Crippen LogP contribution is 2.53. The molecule has 18 heteroatoms. The lowest BCUT2D eigenvalue weighted by Crippen LogP contribution is -2.35. The number of ether oxygens (including phenoxy) is 1. The van der Waals surface area contributed by atoms with Crippen LogP contribution in [0.25, 0.3) is 5.57 Å². The van der Waals surface area contributed by atoms with Crippen molar-refractivity contribution in [1.29, 1.82) is 0 Å². The number of hydrogen-bond donors (Lipinski definition) is 3. The van der Waals surface area contributed by atoms with Crippen LogP contribution < -0.4 is 14.5 Å². The Bertz CT molecular complexity index is 2580. The van der Waals surface area contributed by atoms with E-state index in [1.807, 2.05) is 32.9 Å². The smallest absolute Gasteiger partial charge is 0.416 e. The Morgan fingerprint density at radius 3 is 2.28 bits per heavy atom. The van der Waals surface area contributed by atoms with Gasteiger partial charge in [-0.05, 0) is 81.2 Å². The van der Waals surface area contributed by atoms with Crippen molar-refractivity contribution in [3.05, 3.63) is 93.8 Å². The fourth-order valence-electron chi connectivity index (χ4n) is 9.52. The summed E-state index contributed by atoms with van der Waals surface area (Å²) in [5.74, 6) is -1.02. The summed E-state index contributed by atoms with van der Waals surface area (Å²) < 4.78 is 130. The number of allylic oxidation sites excluding steroid dienone is 6. The maximum Gasteiger partial charge on any atom is 0.416 e. The van der Waals surface area contributed by atoms with Crippen LogP contribution in [0.2, 0.25) is 0 Å². The van der Waals surface area contributed by atoms with E-state index in [9.17, 15) is 41.1 Å². The molecular formula is C47H54F6N3O8S+. The highest BCUT2D eigenvalue weighted by Gasteiger charge is 2.54. The van der Waals surface area contributed by atoms with Crippen LogP contribution in [0.15, 0.2) is 60.4 Å². The third-order valence-electron chi connectivity index (χ3n) is 12.6. The number of hydrogen-bond acceptors (Lipinski definition) is 8. The number of unbranched alkanes of at least 4 members (excludes halogenated alkanes) is 3. The van der Waals surface area contributed by atoms with Crippen molar-refractivity contribution in [2.75, 3.05) is 30.3 Å². The van der Waals surface area contributed by atoms with Crippen LogP contribution in [-0.4, -0.2) is 69.6 Å². The molecule has 0 fully saturated rings. The summed E-state index contributed by atoms with van der Waals surface area (Å²) in [4.78, 5) is 20.0. The topological polar surface area (TPSA) is 142 Å². The first-order valence-electron chi connectivity index (χ1n) is 21.8. The van der Waals surface area contributed by atoms with Gasteiger partial charge in [0, 0.05) is 72.4 Å². The number of aryl methyl sites for hydroxylation is 1. The number of halogens is 6. The van der Waals surface area contributed by atoms with Gasteiger partial charge in [0.2, 0.25) is 17.4 Å². The summed E-state index contributed by atoms with van der Waals surface area (Å²) in [6.45, 7) is 9.37. The molecule has 0 saturated carbocycles. The van der Waals surface area contributed by atoms with E-state index in [0.29, 0.717) is 16.6 Å². The standard InChI is InChI=1S/C47H53F6N3O8S/c1-44(2,3)37-26-29(33-25-30-14-11-21-54-22-12-15-32(42(30)54)43(33)63-37)13-10-16-36-45(4,20-7-5-6-17-40(59)64-56-38(57)18-19-39(56)58)41-34(47(51,52)53)27-31(46(48,49)50)28-35(41)55(36)23-8-9-24-65(60,61)62/h10,13,16,18-19,25-28H,5-9,11-12,14-15,17,20-24H2,1-4H3,(H2-,57,58,60,61,62)/p+1. The van der Waals surface area contributed by atoms with E-state index in [1.165, 1.54) is 15.8 Å². The minimum atomic E-state index is -5.21. The number of benzene rings is 2. The van der Waals surface area contributed by atoms with Gasteiger partial charge in [-0.1, -0.05) is 45.8 Å². The molecule has 3 N–H and O–H groups in total. The molecule has 0 spiro atoms. The van der Waals surface area contributed by atoms with Crippen molar-refractivity contribution < 1.29 is 68.5 Å². The number of aromatic hydroxyl groups is 2. The zero-order valence-corrected chi connectivity index (χ0v) is 37.5. The lowest BCUT2D eigenvalue weighted by molar-refractivity contribution is -0.438. The van der Waals surface area contributed by atoms with Crippen molar-refractivity contribution >= 4 is 38.7 Å². The van der Waals surface area contributed by atoms with Crippen molar-refractivity contribution in [3.8, 4) is 17.5 Å². The molecule has 0 aliphatic carbocycles. The first kappa shape index (κ1) is 47.7. The van der Waals surface area contributed by atoms with E-state index in [4.69, 9.17) is 9.57 Å². The second kappa shape index (κ2) is 17.9. The molecule has 1 unspecified atom stereocenters. The summed E-state index contributed by atoms with van der Waals surface area (Å²) >= 11 is 0. The normalized spacial score (nSPS) is 19.3. The first-order chi connectivity index (χ1) is 30.4. The van der Waals surface area contributed by atoms with E-state index in [-0.39, 0.29) is 74.5 Å². The molecule has 0 saturated heterocycles.